The van der Waals surface area contributed by atoms with Gasteiger partial charge in [0.1, 0.15) is 0 Å². The summed E-state index contributed by atoms with van der Waals surface area (Å²) in [6.07, 6.45) is -0.374. The first-order chi connectivity index (χ1) is 12.9. The third kappa shape index (κ3) is 4.51. The van der Waals surface area contributed by atoms with Gasteiger partial charge in [-0.15, -0.1) is 0 Å². The van der Waals surface area contributed by atoms with Crippen LogP contribution in [0, 0.1) is 0 Å². The van der Waals surface area contributed by atoms with Gasteiger partial charge in [-0.25, -0.2) is 13.1 Å². The largest absolute Gasteiger partial charge is 0.481 e. The molecule has 0 aromatic heterocycles. The second kappa shape index (κ2) is 7.87. The van der Waals surface area contributed by atoms with E-state index in [9.17, 15) is 18.3 Å². The molecule has 1 atom stereocenters. The minimum Gasteiger partial charge on any atom is -0.481 e. The molecule has 0 heterocycles. The van der Waals surface area contributed by atoms with Crippen LogP contribution < -0.4 is 10.5 Å². The number of sulfonamides is 1. The van der Waals surface area contributed by atoms with Gasteiger partial charge >= 0.3 is 5.97 Å². The van der Waals surface area contributed by atoms with Crippen molar-refractivity contribution in [2.24, 2.45) is 5.73 Å². The van der Waals surface area contributed by atoms with Crippen LogP contribution in [-0.2, 0) is 21.4 Å². The molecule has 0 fully saturated rings. The first kappa shape index (κ1) is 19.0. The molecule has 1 unspecified atom stereocenters. The highest BCUT2D eigenvalue weighted by Crippen LogP contribution is 2.24. The Balaban J connectivity index is 1.96. The summed E-state index contributed by atoms with van der Waals surface area (Å²) >= 11 is 0. The maximum atomic E-state index is 12.9. The zero-order valence-electron chi connectivity index (χ0n) is 14.5. The fourth-order valence-corrected chi connectivity index (χ4v) is 4.19. The lowest BCUT2D eigenvalue weighted by atomic mass is 10.0. The summed E-state index contributed by atoms with van der Waals surface area (Å²) in [5.41, 5.74) is 7.00. The van der Waals surface area contributed by atoms with Gasteiger partial charge in [-0.05, 0) is 34.0 Å². The van der Waals surface area contributed by atoms with Crippen molar-refractivity contribution in [1.29, 1.82) is 0 Å². The lowest BCUT2D eigenvalue weighted by molar-refractivity contribution is -0.137. The van der Waals surface area contributed by atoms with E-state index < -0.39 is 22.0 Å². The Morgan fingerprint density at radius 1 is 1.00 bits per heavy atom. The van der Waals surface area contributed by atoms with Gasteiger partial charge in [0.15, 0.2) is 0 Å². The standard InChI is InChI=1S/C20H20N2O4S/c21-13-14-4-3-7-17(10-14)19(12-20(23)24)22-27(25,26)18-9-8-15-5-1-2-6-16(15)11-18/h1-11,19,22H,12-13,21H2,(H,23,24). The summed E-state index contributed by atoms with van der Waals surface area (Å²) in [6, 6.07) is 18.3. The Morgan fingerprint density at radius 3 is 2.44 bits per heavy atom. The summed E-state index contributed by atoms with van der Waals surface area (Å²) < 4.78 is 28.3. The summed E-state index contributed by atoms with van der Waals surface area (Å²) in [4.78, 5) is 11.4. The molecule has 0 saturated heterocycles. The molecule has 3 aromatic carbocycles. The molecule has 140 valence electrons. The van der Waals surface area contributed by atoms with Crippen LogP contribution in [0.1, 0.15) is 23.6 Å². The molecular formula is C20H20N2O4S. The molecule has 3 rings (SSSR count). The SMILES string of the molecule is NCc1cccc(C(CC(=O)O)NS(=O)(=O)c2ccc3ccccc3c2)c1. The van der Waals surface area contributed by atoms with Crippen LogP contribution in [0.25, 0.3) is 10.8 Å². The van der Waals surface area contributed by atoms with Crippen molar-refractivity contribution in [1.82, 2.24) is 4.72 Å². The van der Waals surface area contributed by atoms with E-state index in [1.807, 2.05) is 24.3 Å². The van der Waals surface area contributed by atoms with Crippen molar-refractivity contribution in [2.45, 2.75) is 23.9 Å². The number of carboxylic acids is 1. The van der Waals surface area contributed by atoms with E-state index in [0.29, 0.717) is 5.56 Å². The lowest BCUT2D eigenvalue weighted by Gasteiger charge is -2.18. The van der Waals surface area contributed by atoms with Gasteiger partial charge in [-0.3, -0.25) is 4.79 Å². The number of nitrogens with two attached hydrogens (primary N) is 1. The van der Waals surface area contributed by atoms with Crippen molar-refractivity contribution < 1.29 is 18.3 Å². The van der Waals surface area contributed by atoms with E-state index >= 15 is 0 Å². The van der Waals surface area contributed by atoms with Crippen LogP contribution in [0.5, 0.6) is 0 Å². The fourth-order valence-electron chi connectivity index (χ4n) is 2.93. The molecule has 27 heavy (non-hydrogen) atoms. The zero-order chi connectivity index (χ0) is 19.4. The van der Waals surface area contributed by atoms with Crippen LogP contribution in [0.4, 0.5) is 0 Å². The first-order valence-corrected chi connectivity index (χ1v) is 9.89. The number of aliphatic carboxylic acids is 1. The van der Waals surface area contributed by atoms with Gasteiger partial charge in [-0.2, -0.15) is 0 Å². The van der Waals surface area contributed by atoms with Crippen molar-refractivity contribution in [3.05, 3.63) is 77.9 Å². The number of fused-ring (bicyclic) bond motifs is 1. The van der Waals surface area contributed by atoms with Crippen LogP contribution in [-0.4, -0.2) is 19.5 Å². The topological polar surface area (TPSA) is 109 Å². The maximum absolute atomic E-state index is 12.9. The predicted octanol–water partition coefficient (Wildman–Crippen LogP) is 2.79. The van der Waals surface area contributed by atoms with E-state index in [0.717, 1.165) is 16.3 Å². The Bertz CT molecular complexity index is 1080. The van der Waals surface area contributed by atoms with E-state index in [-0.39, 0.29) is 17.9 Å². The van der Waals surface area contributed by atoms with Gasteiger partial charge in [0.25, 0.3) is 0 Å². The molecule has 0 saturated carbocycles. The molecule has 0 aliphatic heterocycles. The zero-order valence-corrected chi connectivity index (χ0v) is 15.3. The smallest absolute Gasteiger partial charge is 0.305 e. The molecule has 0 amide bonds. The lowest BCUT2D eigenvalue weighted by Crippen LogP contribution is -2.30. The van der Waals surface area contributed by atoms with Gasteiger partial charge in [-0.1, -0.05) is 54.6 Å². The number of hydrogen-bond acceptors (Lipinski definition) is 4. The van der Waals surface area contributed by atoms with Crippen LogP contribution in [0.3, 0.4) is 0 Å². The summed E-state index contributed by atoms with van der Waals surface area (Å²) in [6.45, 7) is 0.283. The summed E-state index contributed by atoms with van der Waals surface area (Å²) in [7, 11) is -3.91. The summed E-state index contributed by atoms with van der Waals surface area (Å²) in [5, 5.41) is 10.9. The second-order valence-electron chi connectivity index (χ2n) is 6.23. The monoisotopic (exact) mass is 384 g/mol. The molecule has 0 aliphatic carbocycles. The average Bonchev–Trinajstić information content (AvgIpc) is 2.66. The highest BCUT2D eigenvalue weighted by atomic mass is 32.2. The number of benzene rings is 3. The van der Waals surface area contributed by atoms with Crippen LogP contribution in [0.15, 0.2) is 71.6 Å². The van der Waals surface area contributed by atoms with Gasteiger partial charge in [0.05, 0.1) is 17.4 Å². The highest BCUT2D eigenvalue weighted by molar-refractivity contribution is 7.89. The molecular weight excluding hydrogens is 364 g/mol. The normalized spacial score (nSPS) is 12.8. The Kier molecular flexibility index (Phi) is 5.55. The Labute approximate surface area is 157 Å². The van der Waals surface area contributed by atoms with Crippen LogP contribution in [0.2, 0.25) is 0 Å². The third-order valence-electron chi connectivity index (χ3n) is 4.30. The Morgan fingerprint density at radius 2 is 1.74 bits per heavy atom. The minimum atomic E-state index is -3.91. The average molecular weight is 384 g/mol. The number of carboxylic acid groups (broad SMARTS) is 1. The first-order valence-electron chi connectivity index (χ1n) is 8.41. The van der Waals surface area contributed by atoms with E-state index in [1.165, 1.54) is 6.07 Å². The highest BCUT2D eigenvalue weighted by Gasteiger charge is 2.24. The van der Waals surface area contributed by atoms with Crippen molar-refractivity contribution in [3.8, 4) is 0 Å². The van der Waals surface area contributed by atoms with E-state index in [1.54, 1.807) is 36.4 Å². The molecule has 0 bridgehead atoms. The molecule has 6 nitrogen and oxygen atoms in total. The van der Waals surface area contributed by atoms with Gasteiger partial charge in [0.2, 0.25) is 10.0 Å². The molecule has 0 radical (unpaired) electrons. The van der Waals surface area contributed by atoms with Crippen molar-refractivity contribution in [3.63, 3.8) is 0 Å². The second-order valence-corrected chi connectivity index (χ2v) is 7.94. The molecule has 4 N–H and O–H groups in total. The predicted molar refractivity (Wildman–Crippen MR) is 104 cm³/mol. The molecule has 3 aromatic rings. The number of hydrogen-bond donors (Lipinski definition) is 3. The number of nitrogens with one attached hydrogen (secondary N) is 1. The third-order valence-corrected chi connectivity index (χ3v) is 5.77. The molecule has 0 aliphatic rings. The van der Waals surface area contributed by atoms with E-state index in [4.69, 9.17) is 5.73 Å². The quantitative estimate of drug-likeness (QED) is 0.580. The fraction of sp³-hybridized carbons (Fsp3) is 0.150. The summed E-state index contributed by atoms with van der Waals surface area (Å²) in [5.74, 6) is -1.10. The van der Waals surface area contributed by atoms with Gasteiger partial charge < -0.3 is 10.8 Å². The van der Waals surface area contributed by atoms with Crippen molar-refractivity contribution in [2.75, 3.05) is 0 Å². The minimum absolute atomic E-state index is 0.0894. The Hall–Kier alpha value is -2.74. The van der Waals surface area contributed by atoms with Gasteiger partial charge in [0, 0.05) is 6.54 Å². The number of rotatable bonds is 7. The maximum Gasteiger partial charge on any atom is 0.305 e. The van der Waals surface area contributed by atoms with Crippen LogP contribution >= 0.6 is 0 Å². The van der Waals surface area contributed by atoms with Crippen molar-refractivity contribution >= 4 is 26.8 Å². The molecule has 0 spiro atoms. The number of carbonyl (C=O) groups is 1. The van der Waals surface area contributed by atoms with E-state index in [2.05, 4.69) is 4.72 Å². The molecule has 7 heteroatoms.